The number of para-hydroxylation sites is 1. The SMILES string of the molecule is N#Cc1ccc2c(c1)c1ccccc1n2-c1c2ccccc2c(C#C[Si](c2ccccc2)(c2ccccc2)c2ccccc2)c2ccccc12. The summed E-state index contributed by atoms with van der Waals surface area (Å²) in [7, 11) is -2.82. The summed E-state index contributed by atoms with van der Waals surface area (Å²) in [6.45, 7) is 0. The van der Waals surface area contributed by atoms with Crippen LogP contribution in [0.3, 0.4) is 0 Å². The lowest BCUT2D eigenvalue weighted by atomic mass is 9.95. The summed E-state index contributed by atoms with van der Waals surface area (Å²) in [6, 6.07) is 66.8. The quantitative estimate of drug-likeness (QED) is 0.0809. The Morgan fingerprint density at radius 3 is 1.38 bits per heavy atom. The van der Waals surface area contributed by atoms with Crippen LogP contribution in [0.1, 0.15) is 11.1 Å². The Bertz CT molecular complexity index is 2660. The van der Waals surface area contributed by atoms with Crippen LogP contribution in [0.2, 0.25) is 0 Å². The molecule has 3 heteroatoms. The number of nitriles is 1. The number of hydrogen-bond donors (Lipinski definition) is 0. The first-order valence-corrected chi connectivity index (χ1v) is 18.8. The lowest BCUT2D eigenvalue weighted by Gasteiger charge is -2.28. The average Bonchev–Trinajstić information content (AvgIpc) is 3.52. The van der Waals surface area contributed by atoms with Gasteiger partial charge in [-0.1, -0.05) is 164 Å². The molecule has 0 radical (unpaired) electrons. The van der Waals surface area contributed by atoms with Gasteiger partial charge in [-0.15, -0.1) is 5.54 Å². The molecule has 1 aromatic heterocycles. The molecule has 0 unspecified atom stereocenters. The number of nitrogens with zero attached hydrogens (tertiary/aromatic N) is 2. The van der Waals surface area contributed by atoms with Gasteiger partial charge >= 0.3 is 0 Å². The van der Waals surface area contributed by atoms with Crippen molar-refractivity contribution in [3.8, 4) is 23.2 Å². The van der Waals surface area contributed by atoms with Gasteiger partial charge in [0.05, 0.1) is 28.4 Å². The van der Waals surface area contributed by atoms with Crippen LogP contribution < -0.4 is 15.6 Å². The second-order valence-corrected chi connectivity index (χ2v) is 16.1. The highest BCUT2D eigenvalue weighted by atomic mass is 28.3. The van der Waals surface area contributed by atoms with Crippen molar-refractivity contribution in [1.82, 2.24) is 4.57 Å². The van der Waals surface area contributed by atoms with E-state index in [1.165, 1.54) is 15.6 Å². The Hall–Kier alpha value is -6.65. The van der Waals surface area contributed by atoms with Crippen LogP contribution in [0.4, 0.5) is 0 Å². The summed E-state index contributed by atoms with van der Waals surface area (Å²) in [5, 5.41) is 20.2. The first-order valence-electron chi connectivity index (χ1n) is 16.8. The molecule has 0 aliphatic heterocycles. The average molecular weight is 651 g/mol. The van der Waals surface area contributed by atoms with Gasteiger partial charge in [0.1, 0.15) is 0 Å². The minimum atomic E-state index is -2.82. The smallest absolute Gasteiger partial charge is 0.230 e. The van der Waals surface area contributed by atoms with E-state index in [1.54, 1.807) is 0 Å². The Balaban J connectivity index is 1.40. The highest BCUT2D eigenvalue weighted by Crippen LogP contribution is 2.40. The molecule has 1 heterocycles. The van der Waals surface area contributed by atoms with Crippen LogP contribution in [0, 0.1) is 22.8 Å². The van der Waals surface area contributed by atoms with Gasteiger partial charge in [0, 0.05) is 37.9 Å². The summed E-state index contributed by atoms with van der Waals surface area (Å²) in [6.07, 6.45) is 0. The maximum absolute atomic E-state index is 9.77. The Morgan fingerprint density at radius 2 is 0.860 bits per heavy atom. The molecule has 0 N–H and O–H groups in total. The zero-order valence-electron chi connectivity index (χ0n) is 27.2. The van der Waals surface area contributed by atoms with Gasteiger partial charge in [-0.25, -0.2) is 0 Å². The summed E-state index contributed by atoms with van der Waals surface area (Å²) >= 11 is 0. The summed E-state index contributed by atoms with van der Waals surface area (Å²) in [4.78, 5) is 0. The molecule has 0 aliphatic carbocycles. The summed E-state index contributed by atoms with van der Waals surface area (Å²) in [5.41, 5.74) is 9.05. The van der Waals surface area contributed by atoms with E-state index in [-0.39, 0.29) is 0 Å². The first kappa shape index (κ1) is 29.5. The molecular formula is C47H30N2Si. The van der Waals surface area contributed by atoms with Crippen molar-refractivity contribution >= 4 is 67.0 Å². The topological polar surface area (TPSA) is 28.7 Å². The molecule has 0 fully saturated rings. The molecule has 0 saturated carbocycles. The van der Waals surface area contributed by atoms with Crippen LogP contribution in [-0.2, 0) is 0 Å². The van der Waals surface area contributed by atoms with Crippen molar-refractivity contribution in [3.63, 3.8) is 0 Å². The van der Waals surface area contributed by atoms with Gasteiger partial charge in [-0.3, -0.25) is 0 Å². The zero-order valence-corrected chi connectivity index (χ0v) is 28.2. The van der Waals surface area contributed by atoms with E-state index in [9.17, 15) is 5.26 Å². The fraction of sp³-hybridized carbons (Fsp3) is 0. The maximum atomic E-state index is 9.77. The fourth-order valence-electron chi connectivity index (χ4n) is 7.70. The molecule has 0 amide bonds. The molecule has 8 aromatic carbocycles. The van der Waals surface area contributed by atoms with Gasteiger partial charge in [0.25, 0.3) is 0 Å². The molecule has 9 rings (SSSR count). The third kappa shape index (κ3) is 4.57. The molecule has 2 nitrogen and oxygen atoms in total. The molecule has 0 saturated heterocycles. The molecular weight excluding hydrogens is 621 g/mol. The third-order valence-corrected chi connectivity index (χ3v) is 14.0. The lowest BCUT2D eigenvalue weighted by molar-refractivity contribution is 1.21. The van der Waals surface area contributed by atoms with Gasteiger partial charge in [0.15, 0.2) is 0 Å². The van der Waals surface area contributed by atoms with Crippen molar-refractivity contribution in [1.29, 1.82) is 5.26 Å². The van der Waals surface area contributed by atoms with E-state index in [2.05, 4.69) is 192 Å². The molecule has 0 atom stereocenters. The van der Waals surface area contributed by atoms with Gasteiger partial charge in [0.2, 0.25) is 8.07 Å². The summed E-state index contributed by atoms with van der Waals surface area (Å²) < 4.78 is 2.38. The van der Waals surface area contributed by atoms with Crippen molar-refractivity contribution in [2.75, 3.05) is 0 Å². The van der Waals surface area contributed by atoms with Crippen LogP contribution in [0.25, 0.3) is 49.0 Å². The van der Waals surface area contributed by atoms with Crippen LogP contribution in [0.15, 0.2) is 182 Å². The third-order valence-electron chi connectivity index (χ3n) is 9.92. The van der Waals surface area contributed by atoms with E-state index in [4.69, 9.17) is 0 Å². The predicted molar refractivity (Wildman–Crippen MR) is 211 cm³/mol. The number of rotatable bonds is 4. The van der Waals surface area contributed by atoms with Crippen molar-refractivity contribution in [2.45, 2.75) is 0 Å². The van der Waals surface area contributed by atoms with Crippen molar-refractivity contribution < 1.29 is 0 Å². The number of hydrogen-bond acceptors (Lipinski definition) is 1. The monoisotopic (exact) mass is 650 g/mol. The standard InChI is InChI=1S/C47H30N2Si/c48-33-34-28-29-46-44(32-34)41-24-14-15-27-45(41)49(46)47-42-25-12-10-22-38(42)40(39-23-11-13-26-43(39)47)30-31-50(35-16-4-1-5-17-35,36-18-6-2-7-19-36)37-20-8-3-9-21-37/h1-29,32H. The lowest BCUT2D eigenvalue weighted by Crippen LogP contribution is -2.66. The van der Waals surface area contributed by atoms with E-state index >= 15 is 0 Å². The number of fused-ring (bicyclic) bond motifs is 5. The van der Waals surface area contributed by atoms with Crippen molar-refractivity contribution in [2.24, 2.45) is 0 Å². The van der Waals surface area contributed by atoms with Gasteiger partial charge < -0.3 is 4.57 Å². The van der Waals surface area contributed by atoms with E-state index in [0.29, 0.717) is 5.56 Å². The first-order chi connectivity index (χ1) is 24.8. The largest absolute Gasteiger partial charge is 0.308 e. The number of aromatic nitrogens is 1. The minimum absolute atomic E-state index is 0.656. The Labute approximate surface area is 292 Å². The van der Waals surface area contributed by atoms with E-state index < -0.39 is 8.07 Å². The second kappa shape index (κ2) is 12.1. The maximum Gasteiger partial charge on any atom is 0.230 e. The molecule has 50 heavy (non-hydrogen) atoms. The molecule has 0 bridgehead atoms. The highest BCUT2D eigenvalue weighted by molar-refractivity contribution is 7.16. The van der Waals surface area contributed by atoms with Crippen LogP contribution in [-0.4, -0.2) is 12.6 Å². The molecule has 0 spiro atoms. The predicted octanol–water partition coefficient (Wildman–Crippen LogP) is 9.02. The Morgan fingerprint density at radius 1 is 0.420 bits per heavy atom. The van der Waals surface area contributed by atoms with Gasteiger partial charge in [-0.2, -0.15) is 5.26 Å². The molecule has 9 aromatic rings. The van der Waals surface area contributed by atoms with Gasteiger partial charge in [-0.05, 0) is 39.8 Å². The highest BCUT2D eigenvalue weighted by Gasteiger charge is 2.38. The number of benzene rings is 8. The van der Waals surface area contributed by atoms with Crippen LogP contribution in [0.5, 0.6) is 0 Å². The summed E-state index contributed by atoms with van der Waals surface area (Å²) in [5.74, 6) is 3.90. The van der Waals surface area contributed by atoms with E-state index in [0.717, 1.165) is 54.6 Å². The van der Waals surface area contributed by atoms with Crippen molar-refractivity contribution in [3.05, 3.63) is 193 Å². The van der Waals surface area contributed by atoms with E-state index in [1.807, 2.05) is 12.1 Å². The fourth-order valence-corrected chi connectivity index (χ4v) is 11.5. The molecule has 232 valence electrons. The van der Waals surface area contributed by atoms with Crippen LogP contribution >= 0.6 is 0 Å². The molecule has 0 aliphatic rings. The normalized spacial score (nSPS) is 11.4. The minimum Gasteiger partial charge on any atom is -0.308 e. The zero-order chi connectivity index (χ0) is 33.5. The second-order valence-electron chi connectivity index (χ2n) is 12.6. The Kier molecular flexibility index (Phi) is 7.14.